The lowest BCUT2D eigenvalue weighted by Crippen LogP contribution is -1.77. The fourth-order valence-electron chi connectivity index (χ4n) is 2.01. The molecule has 0 aliphatic rings. The summed E-state index contributed by atoms with van der Waals surface area (Å²) < 4.78 is 0. The third-order valence-electron chi connectivity index (χ3n) is 3.23. The maximum Gasteiger partial charge on any atom is -0.0348 e. The van der Waals surface area contributed by atoms with Gasteiger partial charge in [0.2, 0.25) is 0 Å². The second-order valence-corrected chi connectivity index (χ2v) is 5.12. The highest BCUT2D eigenvalue weighted by Crippen LogP contribution is 2.07. The summed E-state index contributed by atoms with van der Waals surface area (Å²) in [6, 6.07) is 0. The summed E-state index contributed by atoms with van der Waals surface area (Å²) in [4.78, 5) is 0. The van der Waals surface area contributed by atoms with E-state index in [4.69, 9.17) is 0 Å². The Hall–Kier alpha value is -0.520. The Bertz CT molecular complexity index is 188. The molecule has 0 saturated carbocycles. The van der Waals surface area contributed by atoms with Crippen LogP contribution in [0, 0.1) is 6.92 Å². The Morgan fingerprint density at radius 2 is 1.17 bits per heavy atom. The van der Waals surface area contributed by atoms with Gasteiger partial charge in [0, 0.05) is 0 Å². The van der Waals surface area contributed by atoms with Crippen LogP contribution < -0.4 is 0 Å². The molecule has 0 nitrogen and oxygen atoms in total. The van der Waals surface area contributed by atoms with E-state index in [1.807, 2.05) is 0 Å². The zero-order chi connectivity index (χ0) is 13.3. The van der Waals surface area contributed by atoms with Gasteiger partial charge in [-0.05, 0) is 25.7 Å². The average molecular weight is 249 g/mol. The highest BCUT2D eigenvalue weighted by atomic mass is 13.9. The van der Waals surface area contributed by atoms with Gasteiger partial charge in [-0.2, -0.15) is 0 Å². The van der Waals surface area contributed by atoms with E-state index in [9.17, 15) is 0 Å². The van der Waals surface area contributed by atoms with Crippen molar-refractivity contribution in [3.05, 3.63) is 31.2 Å². The van der Waals surface area contributed by atoms with Crippen LogP contribution in [-0.2, 0) is 0 Å². The second kappa shape index (κ2) is 16.5. The first-order valence-electron chi connectivity index (χ1n) is 8.02. The summed E-state index contributed by atoms with van der Waals surface area (Å²) in [5, 5.41) is 0. The molecule has 0 saturated heterocycles. The van der Waals surface area contributed by atoms with Crippen molar-refractivity contribution in [3.63, 3.8) is 0 Å². The minimum Gasteiger partial charge on any atom is -0.0845 e. The monoisotopic (exact) mass is 249 g/mol. The van der Waals surface area contributed by atoms with Crippen LogP contribution in [0.5, 0.6) is 0 Å². The first kappa shape index (κ1) is 17.5. The van der Waals surface area contributed by atoms with E-state index in [1.165, 1.54) is 70.6 Å². The van der Waals surface area contributed by atoms with Gasteiger partial charge in [-0.3, -0.25) is 0 Å². The minimum atomic E-state index is 1.10. The Labute approximate surface area is 116 Å². The van der Waals surface area contributed by atoms with E-state index in [1.54, 1.807) is 0 Å². The summed E-state index contributed by atoms with van der Waals surface area (Å²) in [6.07, 6.45) is 24.9. The van der Waals surface area contributed by atoms with Crippen molar-refractivity contribution in [1.82, 2.24) is 0 Å². The summed E-state index contributed by atoms with van der Waals surface area (Å²) in [6.45, 7) is 6.13. The molecule has 0 rings (SSSR count). The average Bonchev–Trinajstić information content (AvgIpc) is 2.39. The van der Waals surface area contributed by atoms with Gasteiger partial charge in [0.25, 0.3) is 0 Å². The molecule has 0 aromatic carbocycles. The molecule has 0 aliphatic carbocycles. The molecule has 0 aliphatic heterocycles. The standard InChI is InChI=1S/C18H33/c1-3-5-7-9-11-13-15-17-18-16-14-12-10-8-6-4-2/h14,16-18H,1,3-13,15H2,2H3. The van der Waals surface area contributed by atoms with Crippen molar-refractivity contribution >= 4 is 0 Å². The van der Waals surface area contributed by atoms with Crippen molar-refractivity contribution in [3.8, 4) is 0 Å². The van der Waals surface area contributed by atoms with E-state index >= 15 is 0 Å². The van der Waals surface area contributed by atoms with E-state index in [-0.39, 0.29) is 0 Å². The summed E-state index contributed by atoms with van der Waals surface area (Å²) in [5.74, 6) is 0. The predicted molar refractivity (Wildman–Crippen MR) is 84.7 cm³/mol. The van der Waals surface area contributed by atoms with Crippen LogP contribution in [0.3, 0.4) is 0 Å². The minimum absolute atomic E-state index is 1.10. The van der Waals surface area contributed by atoms with Crippen molar-refractivity contribution in [2.45, 2.75) is 84.0 Å². The lowest BCUT2D eigenvalue weighted by molar-refractivity contribution is 0.621. The third-order valence-corrected chi connectivity index (χ3v) is 3.23. The third kappa shape index (κ3) is 15.5. The van der Waals surface area contributed by atoms with Gasteiger partial charge < -0.3 is 0 Å². The highest BCUT2D eigenvalue weighted by molar-refractivity contribution is 5.02. The van der Waals surface area contributed by atoms with Crippen molar-refractivity contribution in [2.24, 2.45) is 0 Å². The zero-order valence-electron chi connectivity index (χ0n) is 12.5. The maximum atomic E-state index is 3.87. The van der Waals surface area contributed by atoms with Crippen LogP contribution in [0.25, 0.3) is 0 Å². The van der Waals surface area contributed by atoms with Crippen LogP contribution in [-0.4, -0.2) is 0 Å². The molecule has 0 unspecified atom stereocenters. The number of hydrogen-bond acceptors (Lipinski definition) is 0. The number of unbranched alkanes of at least 4 members (excludes halogenated alkanes) is 10. The first-order valence-corrected chi connectivity index (χ1v) is 8.02. The number of hydrogen-bond donors (Lipinski definition) is 0. The van der Waals surface area contributed by atoms with Gasteiger partial charge in [0.1, 0.15) is 0 Å². The molecule has 0 aromatic heterocycles. The van der Waals surface area contributed by atoms with Crippen LogP contribution in [0.4, 0.5) is 0 Å². The first-order chi connectivity index (χ1) is 8.91. The largest absolute Gasteiger partial charge is 0.0845 e. The van der Waals surface area contributed by atoms with Crippen molar-refractivity contribution in [2.75, 3.05) is 0 Å². The van der Waals surface area contributed by atoms with Crippen LogP contribution in [0.15, 0.2) is 24.3 Å². The normalized spacial score (nSPS) is 11.9. The Morgan fingerprint density at radius 3 is 1.72 bits per heavy atom. The quantitative estimate of drug-likeness (QED) is 0.254. The second-order valence-electron chi connectivity index (χ2n) is 5.12. The Morgan fingerprint density at radius 1 is 0.667 bits per heavy atom. The molecule has 0 atom stereocenters. The lowest BCUT2D eigenvalue weighted by atomic mass is 10.1. The smallest absolute Gasteiger partial charge is 0.0348 e. The summed E-state index contributed by atoms with van der Waals surface area (Å²) >= 11 is 0. The van der Waals surface area contributed by atoms with Gasteiger partial charge in [-0.1, -0.05) is 89.5 Å². The number of rotatable bonds is 13. The lowest BCUT2D eigenvalue weighted by Gasteiger charge is -1.97. The fourth-order valence-corrected chi connectivity index (χ4v) is 2.01. The molecule has 0 N–H and O–H groups in total. The molecule has 0 aromatic rings. The van der Waals surface area contributed by atoms with E-state index in [2.05, 4.69) is 38.2 Å². The molecule has 0 heterocycles. The molecular weight excluding hydrogens is 216 g/mol. The topological polar surface area (TPSA) is 0 Å². The molecule has 0 fully saturated rings. The van der Waals surface area contributed by atoms with E-state index in [0.29, 0.717) is 0 Å². The highest BCUT2D eigenvalue weighted by Gasteiger charge is 1.87. The summed E-state index contributed by atoms with van der Waals surface area (Å²) in [7, 11) is 0. The van der Waals surface area contributed by atoms with Gasteiger partial charge in [0.15, 0.2) is 0 Å². The molecule has 0 heteroatoms. The molecule has 1 radical (unpaired) electrons. The van der Waals surface area contributed by atoms with Crippen LogP contribution in [0.1, 0.15) is 84.0 Å². The molecule has 0 spiro atoms. The maximum absolute atomic E-state index is 3.87. The predicted octanol–water partition coefficient (Wildman–Crippen LogP) is 6.63. The fraction of sp³-hybridized carbons (Fsp3) is 0.722. The van der Waals surface area contributed by atoms with E-state index < -0.39 is 0 Å². The molecule has 0 amide bonds. The van der Waals surface area contributed by atoms with Crippen LogP contribution in [0.2, 0.25) is 0 Å². The Kier molecular flexibility index (Phi) is 16.0. The van der Waals surface area contributed by atoms with Crippen molar-refractivity contribution in [1.29, 1.82) is 0 Å². The van der Waals surface area contributed by atoms with Crippen molar-refractivity contribution < 1.29 is 0 Å². The van der Waals surface area contributed by atoms with E-state index in [0.717, 1.165) is 6.42 Å². The molecule has 18 heavy (non-hydrogen) atoms. The zero-order valence-corrected chi connectivity index (χ0v) is 12.5. The van der Waals surface area contributed by atoms with Gasteiger partial charge in [-0.15, -0.1) is 0 Å². The molecular formula is C18H33. The molecule has 105 valence electrons. The van der Waals surface area contributed by atoms with Gasteiger partial charge in [0.05, 0.1) is 0 Å². The Balaban J connectivity index is 3.14. The van der Waals surface area contributed by atoms with Gasteiger partial charge >= 0.3 is 0 Å². The van der Waals surface area contributed by atoms with Crippen LogP contribution >= 0.6 is 0 Å². The number of allylic oxidation sites excluding steroid dienone is 4. The summed E-state index contributed by atoms with van der Waals surface area (Å²) in [5.41, 5.74) is 0. The molecule has 0 bridgehead atoms. The SMILES string of the molecule is [CH2]CCCCCCCC=CC=CCCCCCC. The van der Waals surface area contributed by atoms with Gasteiger partial charge in [-0.25, -0.2) is 0 Å².